The molecule has 10 heteroatoms. The summed E-state index contributed by atoms with van der Waals surface area (Å²) in [6.45, 7) is 4.78. The summed E-state index contributed by atoms with van der Waals surface area (Å²) in [4.78, 5) is 20.7. The quantitative estimate of drug-likeness (QED) is 0.627. The fourth-order valence-corrected chi connectivity index (χ4v) is 1.90. The van der Waals surface area contributed by atoms with Crippen molar-refractivity contribution >= 4 is 23.5 Å². The second kappa shape index (κ2) is 9.26. The largest absolute Gasteiger partial charge is 0.419 e. The molecule has 1 rings (SSSR count). The zero-order valence-corrected chi connectivity index (χ0v) is 14.6. The summed E-state index contributed by atoms with van der Waals surface area (Å²) in [6, 6.07) is 0.408. The average molecular weight is 379 g/mol. The number of nitrogens with one attached hydrogen (secondary N) is 1. The van der Waals surface area contributed by atoms with Gasteiger partial charge < -0.3 is 15.0 Å². The number of urea groups is 1. The number of halogens is 4. The van der Waals surface area contributed by atoms with Gasteiger partial charge in [0.05, 0.1) is 5.56 Å². The van der Waals surface area contributed by atoms with Crippen molar-refractivity contribution in [2.75, 3.05) is 20.1 Å². The Morgan fingerprint density at radius 1 is 1.44 bits per heavy atom. The van der Waals surface area contributed by atoms with E-state index < -0.39 is 11.7 Å². The first-order chi connectivity index (χ1) is 11.7. The van der Waals surface area contributed by atoms with Crippen LogP contribution in [0.5, 0.6) is 5.88 Å². The van der Waals surface area contributed by atoms with Gasteiger partial charge in [0.25, 0.3) is 0 Å². The number of carbonyl (C=O) groups is 1. The Labute approximate surface area is 148 Å². The lowest BCUT2D eigenvalue weighted by molar-refractivity contribution is -0.137. The monoisotopic (exact) mass is 378 g/mol. The number of alkyl halides is 3. The Hall–Kier alpha value is -2.29. The Morgan fingerprint density at radius 3 is 2.56 bits per heavy atom. The van der Waals surface area contributed by atoms with Crippen molar-refractivity contribution < 1.29 is 22.7 Å². The minimum Gasteiger partial charge on any atom is -0.419 e. The molecule has 0 saturated heterocycles. The first kappa shape index (κ1) is 20.8. The Kier molecular flexibility index (Phi) is 7.69. The van der Waals surface area contributed by atoms with Gasteiger partial charge in [-0.3, -0.25) is 4.99 Å². The molecule has 25 heavy (non-hydrogen) atoms. The van der Waals surface area contributed by atoms with Crippen molar-refractivity contribution in [2.45, 2.75) is 20.0 Å². The van der Waals surface area contributed by atoms with Gasteiger partial charge in [-0.2, -0.15) is 13.2 Å². The molecule has 1 aromatic heterocycles. The highest BCUT2D eigenvalue weighted by Crippen LogP contribution is 2.33. The standard InChI is InChI=1S/C15H18ClF3N4O2/c1-4-23(5-2)14(24)21-7-6-12(20-3)25-13-11(16)8-10(9-22-13)15(17,18)19/h6-9H,4-5H2,1-3H3,(H,21,24)/b7-6-,20-12?. The van der Waals surface area contributed by atoms with E-state index in [1.54, 1.807) is 4.90 Å². The predicted molar refractivity (Wildman–Crippen MR) is 88.8 cm³/mol. The number of hydrogen-bond acceptors (Lipinski definition) is 4. The number of hydrogen-bond donors (Lipinski definition) is 1. The van der Waals surface area contributed by atoms with Crippen LogP contribution >= 0.6 is 11.6 Å². The van der Waals surface area contributed by atoms with Crippen LogP contribution in [-0.2, 0) is 6.18 Å². The maximum absolute atomic E-state index is 12.6. The molecule has 138 valence electrons. The Balaban J connectivity index is 2.77. The van der Waals surface area contributed by atoms with Gasteiger partial charge in [-0.05, 0) is 19.9 Å². The van der Waals surface area contributed by atoms with E-state index in [2.05, 4.69) is 15.3 Å². The first-order valence-corrected chi connectivity index (χ1v) is 7.70. The van der Waals surface area contributed by atoms with Gasteiger partial charge >= 0.3 is 12.2 Å². The first-order valence-electron chi connectivity index (χ1n) is 7.32. The maximum atomic E-state index is 12.6. The molecule has 0 aromatic carbocycles. The van der Waals surface area contributed by atoms with E-state index in [1.807, 2.05) is 13.8 Å². The van der Waals surface area contributed by atoms with Crippen molar-refractivity contribution in [1.29, 1.82) is 0 Å². The molecule has 0 aliphatic carbocycles. The molecule has 6 nitrogen and oxygen atoms in total. The number of amides is 2. The van der Waals surface area contributed by atoms with E-state index >= 15 is 0 Å². The number of pyridine rings is 1. The molecule has 0 spiro atoms. The van der Waals surface area contributed by atoms with Crippen LogP contribution in [0.4, 0.5) is 18.0 Å². The number of aliphatic imine (C=N–C) groups is 1. The molecule has 1 N–H and O–H groups in total. The van der Waals surface area contributed by atoms with Gasteiger partial charge in [-0.1, -0.05) is 11.6 Å². The van der Waals surface area contributed by atoms with Gasteiger partial charge in [0.2, 0.25) is 11.8 Å². The van der Waals surface area contributed by atoms with Crippen LogP contribution in [0.15, 0.2) is 29.5 Å². The molecule has 0 fully saturated rings. The zero-order chi connectivity index (χ0) is 19.0. The fraction of sp³-hybridized carbons (Fsp3) is 0.400. The topological polar surface area (TPSA) is 66.8 Å². The number of aromatic nitrogens is 1. The molecule has 0 aliphatic heterocycles. The van der Waals surface area contributed by atoms with Gasteiger partial charge in [0.1, 0.15) is 5.02 Å². The third-order valence-corrected chi connectivity index (χ3v) is 3.31. The highest BCUT2D eigenvalue weighted by atomic mass is 35.5. The molecule has 0 aliphatic rings. The van der Waals surface area contributed by atoms with Gasteiger partial charge in [-0.25, -0.2) is 9.78 Å². The SMILES string of the molecule is CCN(CC)C(=O)N/C=C\C(=NC)Oc1ncc(C(F)(F)F)cc1Cl. The van der Waals surface area contributed by atoms with Crippen LogP contribution in [0, 0.1) is 0 Å². The van der Waals surface area contributed by atoms with Crippen LogP contribution in [-0.4, -0.2) is 41.9 Å². The molecule has 1 heterocycles. The number of nitrogens with zero attached hydrogens (tertiary/aromatic N) is 3. The molecule has 0 atom stereocenters. The third-order valence-electron chi connectivity index (χ3n) is 3.04. The van der Waals surface area contributed by atoms with Crippen LogP contribution in [0.2, 0.25) is 5.02 Å². The summed E-state index contributed by atoms with van der Waals surface area (Å²) in [5.41, 5.74) is -0.984. The second-order valence-electron chi connectivity index (χ2n) is 4.63. The van der Waals surface area contributed by atoms with E-state index in [0.29, 0.717) is 25.4 Å². The van der Waals surface area contributed by atoms with Crippen molar-refractivity contribution in [3.63, 3.8) is 0 Å². The van der Waals surface area contributed by atoms with E-state index in [4.69, 9.17) is 16.3 Å². The molecule has 1 aromatic rings. The zero-order valence-electron chi connectivity index (χ0n) is 13.9. The lowest BCUT2D eigenvalue weighted by atomic mass is 10.3. The lowest BCUT2D eigenvalue weighted by Gasteiger charge is -2.17. The van der Waals surface area contributed by atoms with Crippen LogP contribution in [0.25, 0.3) is 0 Å². The van der Waals surface area contributed by atoms with Gasteiger partial charge in [0, 0.05) is 38.6 Å². The number of carbonyl (C=O) groups excluding carboxylic acids is 1. The highest BCUT2D eigenvalue weighted by molar-refractivity contribution is 6.32. The van der Waals surface area contributed by atoms with Gasteiger partial charge in [0.15, 0.2) is 0 Å². The highest BCUT2D eigenvalue weighted by Gasteiger charge is 2.31. The van der Waals surface area contributed by atoms with Crippen LogP contribution in [0.1, 0.15) is 19.4 Å². The van der Waals surface area contributed by atoms with Crippen molar-refractivity contribution in [2.24, 2.45) is 4.99 Å². The summed E-state index contributed by atoms with van der Waals surface area (Å²) in [6.07, 6.45) is -1.30. The number of ether oxygens (including phenoxy) is 1. The Morgan fingerprint density at radius 2 is 2.08 bits per heavy atom. The predicted octanol–water partition coefficient (Wildman–Crippen LogP) is 3.73. The maximum Gasteiger partial charge on any atom is 0.417 e. The normalized spacial score (nSPS) is 12.4. The van der Waals surface area contributed by atoms with Crippen molar-refractivity contribution in [3.05, 3.63) is 35.1 Å². The van der Waals surface area contributed by atoms with Gasteiger partial charge in [-0.15, -0.1) is 0 Å². The molecule has 0 radical (unpaired) electrons. The van der Waals surface area contributed by atoms with E-state index in [-0.39, 0.29) is 22.8 Å². The summed E-state index contributed by atoms with van der Waals surface area (Å²) in [5.74, 6) is -0.219. The lowest BCUT2D eigenvalue weighted by Crippen LogP contribution is -2.37. The minimum absolute atomic E-state index is 0.00834. The van der Waals surface area contributed by atoms with Crippen molar-refractivity contribution in [1.82, 2.24) is 15.2 Å². The molecule has 0 saturated carbocycles. The van der Waals surface area contributed by atoms with E-state index in [0.717, 1.165) is 0 Å². The fourth-order valence-electron chi connectivity index (χ4n) is 1.70. The molecular formula is C15H18ClF3N4O2. The molecule has 0 bridgehead atoms. The third kappa shape index (κ3) is 6.26. The van der Waals surface area contributed by atoms with Crippen molar-refractivity contribution in [3.8, 4) is 5.88 Å². The Bertz CT molecular complexity index is 659. The summed E-state index contributed by atoms with van der Waals surface area (Å²) >= 11 is 5.76. The molecular weight excluding hydrogens is 361 g/mol. The summed E-state index contributed by atoms with van der Waals surface area (Å²) < 4.78 is 43.0. The van der Waals surface area contributed by atoms with E-state index in [9.17, 15) is 18.0 Å². The molecule has 2 amide bonds. The minimum atomic E-state index is -4.55. The number of rotatable bonds is 5. The van der Waals surface area contributed by atoms with E-state index in [1.165, 1.54) is 19.3 Å². The molecule has 0 unspecified atom stereocenters. The van der Waals surface area contributed by atoms with Crippen LogP contribution < -0.4 is 10.1 Å². The average Bonchev–Trinajstić information content (AvgIpc) is 2.55. The summed E-state index contributed by atoms with van der Waals surface area (Å²) in [7, 11) is 1.41. The van der Waals surface area contributed by atoms with Crippen LogP contribution in [0.3, 0.4) is 0 Å². The smallest absolute Gasteiger partial charge is 0.417 e. The second-order valence-corrected chi connectivity index (χ2v) is 5.03. The summed E-state index contributed by atoms with van der Waals surface area (Å²) in [5, 5.41) is 2.21.